The van der Waals surface area contributed by atoms with Crippen LogP contribution in [0.1, 0.15) is 11.1 Å². The van der Waals surface area contributed by atoms with Crippen molar-refractivity contribution in [1.29, 1.82) is 0 Å². The number of carbonyl (C=O) groups excluding carboxylic acids is 1. The predicted octanol–water partition coefficient (Wildman–Crippen LogP) is 4.66. The van der Waals surface area contributed by atoms with Gasteiger partial charge in [-0.05, 0) is 41.5 Å². The molecule has 3 aromatic carbocycles. The van der Waals surface area contributed by atoms with Gasteiger partial charge in [-0.2, -0.15) is 0 Å². The maximum Gasteiger partial charge on any atom is 0.288 e. The number of nitrogens with zero attached hydrogens (tertiary/aromatic N) is 4. The highest BCUT2D eigenvalue weighted by molar-refractivity contribution is 6.30. The predicted molar refractivity (Wildman–Crippen MR) is 136 cm³/mol. The number of fused-ring (bicyclic) bond motifs is 1. The van der Waals surface area contributed by atoms with Crippen LogP contribution in [0.4, 0.5) is 5.69 Å². The first-order chi connectivity index (χ1) is 16.5. The largest absolute Gasteiger partial charge is 0.313 e. The summed E-state index contributed by atoms with van der Waals surface area (Å²) in [5, 5.41) is 0.675. The van der Waals surface area contributed by atoms with E-state index in [4.69, 9.17) is 11.6 Å². The number of benzene rings is 3. The summed E-state index contributed by atoms with van der Waals surface area (Å²) >= 11 is 6.03. The zero-order valence-electron chi connectivity index (χ0n) is 18.4. The second-order valence-corrected chi connectivity index (χ2v) is 7.89. The van der Waals surface area contributed by atoms with Crippen molar-refractivity contribution in [2.75, 3.05) is 18.5 Å². The Hall–Kier alpha value is -4.16. The van der Waals surface area contributed by atoms with Crippen molar-refractivity contribution in [1.82, 2.24) is 9.97 Å². The topological polar surface area (TPSA) is 75.5 Å². The summed E-state index contributed by atoms with van der Waals surface area (Å²) < 4.78 is 0. The van der Waals surface area contributed by atoms with E-state index in [1.807, 2.05) is 54.6 Å². The zero-order chi connectivity index (χ0) is 23.9. The Balaban J connectivity index is 0.000000291. The number of rotatable bonds is 2. The van der Waals surface area contributed by atoms with Crippen LogP contribution in [-0.2, 0) is 4.79 Å². The average Bonchev–Trinajstić information content (AvgIpc) is 3.18. The molecule has 0 atom stereocenters. The fourth-order valence-electron chi connectivity index (χ4n) is 3.50. The number of hydrogen-bond donors (Lipinski definition) is 0. The van der Waals surface area contributed by atoms with Crippen LogP contribution in [0, 0.1) is 0 Å². The summed E-state index contributed by atoms with van der Waals surface area (Å²) in [6, 6.07) is 25.5. The number of halogens is 1. The van der Waals surface area contributed by atoms with Crippen molar-refractivity contribution < 1.29 is 4.79 Å². The van der Waals surface area contributed by atoms with E-state index in [1.54, 1.807) is 18.0 Å². The van der Waals surface area contributed by atoms with Gasteiger partial charge in [0.25, 0.3) is 5.56 Å². The molecule has 7 heteroatoms. The number of hydrogen-bond acceptors (Lipinski definition) is 5. The molecule has 0 unspecified atom stereocenters. The molecule has 6 nitrogen and oxygen atoms in total. The van der Waals surface area contributed by atoms with Gasteiger partial charge < -0.3 is 4.90 Å². The molecule has 4 aromatic rings. The van der Waals surface area contributed by atoms with E-state index in [9.17, 15) is 9.59 Å². The minimum Gasteiger partial charge on any atom is -0.313 e. The van der Waals surface area contributed by atoms with Crippen LogP contribution in [0.15, 0.2) is 107 Å². The lowest BCUT2D eigenvalue weighted by atomic mass is 9.95. The first kappa shape index (κ1) is 23.0. The second kappa shape index (κ2) is 10.6. The number of aliphatic imine (C=N–C) groups is 1. The van der Waals surface area contributed by atoms with Gasteiger partial charge in [-0.25, -0.2) is 4.98 Å². The van der Waals surface area contributed by atoms with Crippen molar-refractivity contribution in [2.24, 2.45) is 4.99 Å². The third kappa shape index (κ3) is 5.42. The molecular formula is C27H21ClN4O2. The van der Waals surface area contributed by atoms with Crippen LogP contribution in [0.3, 0.4) is 0 Å². The first-order valence-corrected chi connectivity index (χ1v) is 10.9. The highest BCUT2D eigenvalue weighted by atomic mass is 35.5. The zero-order valence-corrected chi connectivity index (χ0v) is 19.2. The Labute approximate surface area is 202 Å². The van der Waals surface area contributed by atoms with Gasteiger partial charge in [0.2, 0.25) is 5.91 Å². The lowest BCUT2D eigenvalue weighted by molar-refractivity contribution is -0.116. The maximum absolute atomic E-state index is 12.4. The van der Waals surface area contributed by atoms with Crippen molar-refractivity contribution >= 4 is 28.9 Å². The van der Waals surface area contributed by atoms with E-state index in [2.05, 4.69) is 33.2 Å². The monoisotopic (exact) mass is 468 g/mol. The molecule has 1 aromatic heterocycles. The minimum atomic E-state index is -0.310. The molecule has 0 saturated carbocycles. The standard InChI is InChI=1S/C22H17ClN2O.C5H4N2O/c1-25-20-12-9-17(15-5-3-2-4-6-15)13-19(20)22(24-14-21(25)26)16-7-10-18(23)11-8-16;8-5-4-6-2-1-3-7-5/h2-13H,14H2,1H3;1-4H. The normalized spacial score (nSPS) is 12.6. The van der Waals surface area contributed by atoms with Crippen LogP contribution in [-0.4, -0.2) is 35.2 Å². The number of aromatic nitrogens is 2. The molecule has 0 N–H and O–H groups in total. The summed E-state index contributed by atoms with van der Waals surface area (Å²) in [6.45, 7) is 0.129. The van der Waals surface area contributed by atoms with E-state index in [0.717, 1.165) is 33.7 Å². The van der Waals surface area contributed by atoms with Gasteiger partial charge in [-0.3, -0.25) is 19.6 Å². The lowest BCUT2D eigenvalue weighted by Crippen LogP contribution is -2.27. The number of benzodiazepines with no additional fused rings is 1. The lowest BCUT2D eigenvalue weighted by Gasteiger charge is -2.19. The molecule has 0 fully saturated rings. The third-order valence-corrected chi connectivity index (χ3v) is 5.48. The van der Waals surface area contributed by atoms with Crippen molar-refractivity contribution in [2.45, 2.75) is 0 Å². The molecule has 0 saturated heterocycles. The van der Waals surface area contributed by atoms with Gasteiger partial charge in [0, 0.05) is 35.6 Å². The fourth-order valence-corrected chi connectivity index (χ4v) is 3.63. The van der Waals surface area contributed by atoms with Gasteiger partial charge in [-0.15, -0.1) is 0 Å². The van der Waals surface area contributed by atoms with E-state index in [0.29, 0.717) is 5.02 Å². The molecule has 0 radical (unpaired) electrons. The van der Waals surface area contributed by atoms with Gasteiger partial charge in [0.05, 0.1) is 17.6 Å². The van der Waals surface area contributed by atoms with Gasteiger partial charge in [0.1, 0.15) is 6.54 Å². The van der Waals surface area contributed by atoms with Gasteiger partial charge in [-0.1, -0.05) is 60.1 Å². The van der Waals surface area contributed by atoms with Crippen LogP contribution >= 0.6 is 11.6 Å². The van der Waals surface area contributed by atoms with Gasteiger partial charge >= 0.3 is 0 Å². The smallest absolute Gasteiger partial charge is 0.288 e. The Bertz CT molecular complexity index is 1370. The molecule has 5 rings (SSSR count). The molecule has 0 bridgehead atoms. The highest BCUT2D eigenvalue weighted by Gasteiger charge is 2.23. The molecule has 168 valence electrons. The van der Waals surface area contributed by atoms with E-state index in [1.165, 1.54) is 18.6 Å². The second-order valence-electron chi connectivity index (χ2n) is 7.46. The fraction of sp³-hybridized carbons (Fsp3) is 0.0741. The molecular weight excluding hydrogens is 448 g/mol. The Morgan fingerprint density at radius 1 is 0.824 bits per heavy atom. The molecule has 1 aliphatic heterocycles. The molecule has 1 amide bonds. The Kier molecular flexibility index (Phi) is 7.20. The number of anilines is 1. The molecule has 1 aliphatic rings. The van der Waals surface area contributed by atoms with Crippen molar-refractivity contribution in [3.8, 4) is 11.1 Å². The summed E-state index contributed by atoms with van der Waals surface area (Å²) in [5.74, 6) is -0.0253. The molecule has 0 aliphatic carbocycles. The van der Waals surface area contributed by atoms with Crippen molar-refractivity contribution in [3.63, 3.8) is 0 Å². The average molecular weight is 469 g/mol. The van der Waals surface area contributed by atoms with Crippen LogP contribution in [0.25, 0.3) is 11.1 Å². The number of amides is 1. The van der Waals surface area contributed by atoms with Crippen LogP contribution < -0.4 is 10.5 Å². The van der Waals surface area contributed by atoms with E-state index < -0.39 is 0 Å². The molecule has 0 spiro atoms. The molecule has 2 heterocycles. The van der Waals surface area contributed by atoms with Gasteiger partial charge in [0.15, 0.2) is 0 Å². The van der Waals surface area contributed by atoms with Crippen LogP contribution in [0.5, 0.6) is 0 Å². The summed E-state index contributed by atoms with van der Waals surface area (Å²) in [7, 11) is 1.80. The first-order valence-electron chi connectivity index (χ1n) is 10.6. The summed E-state index contributed by atoms with van der Waals surface area (Å²) in [6.07, 6.45) is 4.09. The Morgan fingerprint density at radius 2 is 1.56 bits per heavy atom. The SMILES string of the molecule is CN1C(=O)CN=C(c2ccc(Cl)cc2)c2cc(-c3ccccc3)ccc21.O=c1cncccn1. The summed E-state index contributed by atoms with van der Waals surface area (Å²) in [5.41, 5.74) is 5.48. The maximum atomic E-state index is 12.4. The van der Waals surface area contributed by atoms with Crippen LogP contribution in [0.2, 0.25) is 5.02 Å². The quantitative estimate of drug-likeness (QED) is 0.429. The number of carbonyl (C=O) groups is 1. The minimum absolute atomic E-state index is 0.0253. The highest BCUT2D eigenvalue weighted by Crippen LogP contribution is 2.31. The van der Waals surface area contributed by atoms with Crippen molar-refractivity contribution in [3.05, 3.63) is 124 Å². The van der Waals surface area contributed by atoms with E-state index in [-0.39, 0.29) is 18.0 Å². The number of likely N-dealkylation sites (N-methyl/N-ethyl adjacent to an activating group) is 1. The summed E-state index contributed by atoms with van der Waals surface area (Å²) in [4.78, 5) is 35.9. The molecule has 34 heavy (non-hydrogen) atoms. The third-order valence-electron chi connectivity index (χ3n) is 5.23. The van der Waals surface area contributed by atoms with E-state index >= 15 is 0 Å². The Morgan fingerprint density at radius 3 is 2.32 bits per heavy atom.